The highest BCUT2D eigenvalue weighted by Crippen LogP contribution is 2.26. The number of hydrogen-bond acceptors (Lipinski definition) is 6. The van der Waals surface area contributed by atoms with Crippen molar-refractivity contribution in [3.8, 4) is 0 Å². The highest BCUT2D eigenvalue weighted by molar-refractivity contribution is 7.88. The van der Waals surface area contributed by atoms with Crippen LogP contribution in [-0.2, 0) is 21.4 Å². The van der Waals surface area contributed by atoms with E-state index in [0.717, 1.165) is 5.56 Å². The second kappa shape index (κ2) is 5.98. The summed E-state index contributed by atoms with van der Waals surface area (Å²) in [5.41, 5.74) is 7.41. The quantitative estimate of drug-likeness (QED) is 0.751. The van der Waals surface area contributed by atoms with E-state index >= 15 is 0 Å². The van der Waals surface area contributed by atoms with E-state index in [4.69, 9.17) is 4.74 Å². The van der Waals surface area contributed by atoms with Gasteiger partial charge in [0.2, 0.25) is 10.0 Å². The molecule has 0 aromatic carbocycles. The SMILES string of the molecule is CS(=O)(=O)N1CC2NNC(COCc3cccnc3)C2C1. The average Bonchev–Trinajstić information content (AvgIpc) is 3.01. The summed E-state index contributed by atoms with van der Waals surface area (Å²) in [7, 11) is -3.12. The molecule has 2 aliphatic rings. The van der Waals surface area contributed by atoms with Crippen LogP contribution in [0.1, 0.15) is 5.56 Å². The second-order valence-electron chi connectivity index (χ2n) is 5.62. The zero-order valence-electron chi connectivity index (χ0n) is 11.9. The molecule has 3 rings (SSSR count). The van der Waals surface area contributed by atoms with E-state index in [2.05, 4.69) is 15.8 Å². The predicted molar refractivity (Wildman–Crippen MR) is 77.6 cm³/mol. The van der Waals surface area contributed by atoms with Gasteiger partial charge in [-0.2, -0.15) is 0 Å². The van der Waals surface area contributed by atoms with E-state index in [1.54, 1.807) is 12.4 Å². The van der Waals surface area contributed by atoms with Crippen molar-refractivity contribution in [2.24, 2.45) is 5.92 Å². The van der Waals surface area contributed by atoms with Gasteiger partial charge in [0.25, 0.3) is 0 Å². The molecule has 116 valence electrons. The summed E-state index contributed by atoms with van der Waals surface area (Å²) in [5, 5.41) is 0. The lowest BCUT2D eigenvalue weighted by Crippen LogP contribution is -2.41. The minimum atomic E-state index is -3.12. The van der Waals surface area contributed by atoms with Crippen molar-refractivity contribution in [2.45, 2.75) is 18.7 Å². The number of hydrazine groups is 1. The van der Waals surface area contributed by atoms with Crippen LogP contribution >= 0.6 is 0 Å². The van der Waals surface area contributed by atoms with Crippen LogP contribution in [0, 0.1) is 5.92 Å². The number of rotatable bonds is 5. The Balaban J connectivity index is 1.51. The Morgan fingerprint density at radius 3 is 3.00 bits per heavy atom. The average molecular weight is 312 g/mol. The molecule has 7 nitrogen and oxygen atoms in total. The molecule has 21 heavy (non-hydrogen) atoms. The molecule has 0 radical (unpaired) electrons. The molecule has 0 bridgehead atoms. The predicted octanol–water partition coefficient (Wildman–Crippen LogP) is -0.665. The Kier molecular flexibility index (Phi) is 4.23. The zero-order chi connectivity index (χ0) is 14.9. The molecule has 0 aliphatic carbocycles. The number of pyridine rings is 1. The molecule has 1 aromatic rings. The van der Waals surface area contributed by atoms with Gasteiger partial charge in [0.1, 0.15) is 0 Å². The minimum absolute atomic E-state index is 0.124. The van der Waals surface area contributed by atoms with Crippen LogP contribution in [0.5, 0.6) is 0 Å². The molecule has 2 N–H and O–H groups in total. The lowest BCUT2D eigenvalue weighted by Gasteiger charge is -2.19. The number of hydrogen-bond donors (Lipinski definition) is 2. The Hall–Kier alpha value is -1.06. The van der Waals surface area contributed by atoms with Crippen molar-refractivity contribution in [3.05, 3.63) is 30.1 Å². The number of nitrogens with one attached hydrogen (secondary N) is 2. The number of fused-ring (bicyclic) bond motifs is 1. The molecule has 8 heteroatoms. The monoisotopic (exact) mass is 312 g/mol. The highest BCUT2D eigenvalue weighted by Gasteiger charge is 2.45. The molecular formula is C13H20N4O3S. The molecule has 2 fully saturated rings. The van der Waals surface area contributed by atoms with Gasteiger partial charge < -0.3 is 4.74 Å². The molecule has 2 saturated heterocycles. The molecule has 0 saturated carbocycles. The van der Waals surface area contributed by atoms with Crippen molar-refractivity contribution in [3.63, 3.8) is 0 Å². The Labute approximate surface area is 124 Å². The zero-order valence-corrected chi connectivity index (χ0v) is 12.7. The fourth-order valence-corrected chi connectivity index (χ4v) is 3.77. The van der Waals surface area contributed by atoms with Crippen LogP contribution in [0.3, 0.4) is 0 Å². The smallest absolute Gasteiger partial charge is 0.211 e. The Morgan fingerprint density at radius 2 is 2.29 bits per heavy atom. The minimum Gasteiger partial charge on any atom is -0.375 e. The van der Waals surface area contributed by atoms with Crippen LogP contribution in [0.4, 0.5) is 0 Å². The normalized spacial score (nSPS) is 29.7. The standard InChI is InChI=1S/C13H20N4O3S/c1-21(18,19)17-6-11-12(7-17)15-16-13(11)9-20-8-10-3-2-4-14-5-10/h2-5,11-13,15-16H,6-9H2,1H3. The van der Waals surface area contributed by atoms with E-state index in [9.17, 15) is 8.42 Å². The van der Waals surface area contributed by atoms with Crippen molar-refractivity contribution in [1.29, 1.82) is 0 Å². The fraction of sp³-hybridized carbons (Fsp3) is 0.615. The second-order valence-corrected chi connectivity index (χ2v) is 7.60. The van der Waals surface area contributed by atoms with Gasteiger partial charge in [-0.25, -0.2) is 12.7 Å². The van der Waals surface area contributed by atoms with Crippen LogP contribution in [0.25, 0.3) is 0 Å². The van der Waals surface area contributed by atoms with Crippen LogP contribution in [0.2, 0.25) is 0 Å². The topological polar surface area (TPSA) is 83.6 Å². The first-order chi connectivity index (χ1) is 10.0. The first-order valence-electron chi connectivity index (χ1n) is 6.97. The molecular weight excluding hydrogens is 292 g/mol. The van der Waals surface area contributed by atoms with Gasteiger partial charge in [-0.15, -0.1) is 0 Å². The van der Waals surface area contributed by atoms with Crippen molar-refractivity contribution in [1.82, 2.24) is 20.1 Å². The van der Waals surface area contributed by atoms with E-state index in [1.807, 2.05) is 12.1 Å². The summed E-state index contributed by atoms with van der Waals surface area (Å²) in [6, 6.07) is 4.13. The summed E-state index contributed by atoms with van der Waals surface area (Å²) >= 11 is 0. The van der Waals surface area contributed by atoms with Gasteiger partial charge in [0.05, 0.1) is 25.5 Å². The summed E-state index contributed by atoms with van der Waals surface area (Å²) in [6.07, 6.45) is 4.77. The maximum atomic E-state index is 11.6. The third kappa shape index (κ3) is 3.41. The molecule has 3 atom stereocenters. The summed E-state index contributed by atoms with van der Waals surface area (Å²) in [6.45, 7) is 2.12. The van der Waals surface area contributed by atoms with Crippen molar-refractivity contribution < 1.29 is 13.2 Å². The molecule has 3 heterocycles. The molecule has 3 unspecified atom stereocenters. The van der Waals surface area contributed by atoms with E-state index in [1.165, 1.54) is 10.6 Å². The van der Waals surface area contributed by atoms with Crippen molar-refractivity contribution >= 4 is 10.0 Å². The first kappa shape index (κ1) is 14.9. The maximum Gasteiger partial charge on any atom is 0.211 e. The largest absolute Gasteiger partial charge is 0.375 e. The maximum absolute atomic E-state index is 11.6. The Morgan fingerprint density at radius 1 is 1.43 bits per heavy atom. The lowest BCUT2D eigenvalue weighted by atomic mass is 9.98. The van der Waals surface area contributed by atoms with Gasteiger partial charge in [-0.3, -0.25) is 15.8 Å². The third-order valence-corrected chi connectivity index (χ3v) is 5.30. The summed E-state index contributed by atoms with van der Waals surface area (Å²) in [4.78, 5) is 4.04. The molecule has 2 aliphatic heterocycles. The van der Waals surface area contributed by atoms with E-state index in [-0.39, 0.29) is 18.0 Å². The summed E-state index contributed by atoms with van der Waals surface area (Å²) < 4.78 is 30.5. The number of aromatic nitrogens is 1. The molecule has 1 aromatic heterocycles. The number of ether oxygens (including phenoxy) is 1. The Bertz CT molecular complexity index is 580. The first-order valence-corrected chi connectivity index (χ1v) is 8.82. The van der Waals surface area contributed by atoms with Gasteiger partial charge in [0.15, 0.2) is 0 Å². The lowest BCUT2D eigenvalue weighted by molar-refractivity contribution is 0.0914. The summed E-state index contributed by atoms with van der Waals surface area (Å²) in [5.74, 6) is 0.244. The van der Waals surface area contributed by atoms with Crippen molar-refractivity contribution in [2.75, 3.05) is 26.0 Å². The highest BCUT2D eigenvalue weighted by atomic mass is 32.2. The van der Waals surface area contributed by atoms with Gasteiger partial charge >= 0.3 is 0 Å². The molecule has 0 amide bonds. The van der Waals surface area contributed by atoms with E-state index in [0.29, 0.717) is 26.3 Å². The molecule has 0 spiro atoms. The van der Waals surface area contributed by atoms with E-state index < -0.39 is 10.0 Å². The van der Waals surface area contributed by atoms with Crippen LogP contribution in [-0.4, -0.2) is 55.7 Å². The van der Waals surface area contributed by atoms with Crippen LogP contribution in [0.15, 0.2) is 24.5 Å². The van der Waals surface area contributed by atoms with Gasteiger partial charge in [0, 0.05) is 37.4 Å². The van der Waals surface area contributed by atoms with Gasteiger partial charge in [-0.1, -0.05) is 6.07 Å². The van der Waals surface area contributed by atoms with Gasteiger partial charge in [-0.05, 0) is 11.6 Å². The number of sulfonamides is 1. The fourth-order valence-electron chi connectivity index (χ4n) is 2.90. The number of nitrogens with zero attached hydrogens (tertiary/aromatic N) is 2. The van der Waals surface area contributed by atoms with Crippen LogP contribution < -0.4 is 10.9 Å². The third-order valence-electron chi connectivity index (χ3n) is 4.06.